The number of methoxy groups -OCH3 is 1. The number of likely N-dealkylation sites (tertiary alicyclic amines) is 1. The number of pyridine rings is 1. The van der Waals surface area contributed by atoms with E-state index in [1.54, 1.807) is 29.2 Å². The van der Waals surface area contributed by atoms with E-state index in [9.17, 15) is 9.59 Å². The first-order chi connectivity index (χ1) is 15.5. The van der Waals surface area contributed by atoms with Crippen molar-refractivity contribution in [3.8, 4) is 5.75 Å². The van der Waals surface area contributed by atoms with Gasteiger partial charge in [-0.2, -0.15) is 0 Å². The maximum absolute atomic E-state index is 12.9. The highest BCUT2D eigenvalue weighted by Gasteiger charge is 2.32. The highest BCUT2D eigenvalue weighted by Crippen LogP contribution is 2.37. The summed E-state index contributed by atoms with van der Waals surface area (Å²) in [5.41, 5.74) is 7.25. The van der Waals surface area contributed by atoms with Crippen molar-refractivity contribution in [3.05, 3.63) is 41.6 Å². The second-order valence-electron chi connectivity index (χ2n) is 7.66. The molecule has 2 aliphatic rings. The number of carbonyl (C=O) groups is 2. The fourth-order valence-electron chi connectivity index (χ4n) is 3.43. The summed E-state index contributed by atoms with van der Waals surface area (Å²) >= 11 is 0. The number of aromatic nitrogens is 1. The SMILES string of the molecule is COc1c(Nc2cc(NC(=O)N3CCC3)ncc2C(=O)C2CC2)cccc1C(=N)/N=C\N. The lowest BCUT2D eigenvalue weighted by atomic mass is 10.1. The molecule has 0 atom stereocenters. The predicted octanol–water partition coefficient (Wildman–Crippen LogP) is 2.98. The molecule has 0 radical (unpaired) electrons. The molecular formula is C22H25N7O3. The largest absolute Gasteiger partial charge is 0.494 e. The van der Waals surface area contributed by atoms with E-state index in [1.165, 1.54) is 13.3 Å². The minimum Gasteiger partial charge on any atom is -0.494 e. The summed E-state index contributed by atoms with van der Waals surface area (Å²) in [6.07, 6.45) is 5.25. The first-order valence-corrected chi connectivity index (χ1v) is 10.4. The van der Waals surface area contributed by atoms with Crippen LogP contribution in [-0.2, 0) is 0 Å². The van der Waals surface area contributed by atoms with Gasteiger partial charge in [-0.25, -0.2) is 14.8 Å². The molecule has 2 amide bonds. The van der Waals surface area contributed by atoms with Crippen LogP contribution in [0.3, 0.4) is 0 Å². The number of ketones is 1. The van der Waals surface area contributed by atoms with Crippen LogP contribution in [0.2, 0.25) is 0 Å². The predicted molar refractivity (Wildman–Crippen MR) is 122 cm³/mol. The molecule has 1 aliphatic heterocycles. The number of amides is 2. The minimum absolute atomic E-state index is 0.000761. The van der Waals surface area contributed by atoms with E-state index >= 15 is 0 Å². The van der Waals surface area contributed by atoms with Gasteiger partial charge in [0.2, 0.25) is 0 Å². The molecule has 2 fully saturated rings. The minimum atomic E-state index is -0.219. The molecule has 1 aromatic carbocycles. The van der Waals surface area contributed by atoms with Crippen LogP contribution in [0.15, 0.2) is 35.5 Å². The third kappa shape index (κ3) is 4.39. The molecule has 1 aromatic heterocycles. The van der Waals surface area contributed by atoms with Crippen molar-refractivity contribution >= 4 is 41.2 Å². The summed E-state index contributed by atoms with van der Waals surface area (Å²) < 4.78 is 5.53. The summed E-state index contributed by atoms with van der Waals surface area (Å²) in [7, 11) is 1.49. The molecule has 1 saturated carbocycles. The highest BCUT2D eigenvalue weighted by atomic mass is 16.5. The van der Waals surface area contributed by atoms with Crippen molar-refractivity contribution in [2.75, 3.05) is 30.8 Å². The van der Waals surface area contributed by atoms with E-state index in [1.807, 2.05) is 0 Å². The van der Waals surface area contributed by atoms with Crippen LogP contribution in [0.5, 0.6) is 5.75 Å². The number of nitrogens with two attached hydrogens (primary N) is 1. The lowest BCUT2D eigenvalue weighted by Gasteiger charge is -2.30. The van der Waals surface area contributed by atoms with Gasteiger partial charge in [0.25, 0.3) is 0 Å². The number of amidine groups is 1. The summed E-state index contributed by atoms with van der Waals surface area (Å²) in [6, 6.07) is 6.63. The van der Waals surface area contributed by atoms with Crippen LogP contribution in [0.1, 0.15) is 35.2 Å². The highest BCUT2D eigenvalue weighted by molar-refractivity contribution is 6.06. The van der Waals surface area contributed by atoms with Crippen molar-refractivity contribution in [3.63, 3.8) is 0 Å². The number of nitrogens with one attached hydrogen (secondary N) is 3. The third-order valence-corrected chi connectivity index (χ3v) is 5.44. The van der Waals surface area contributed by atoms with Crippen molar-refractivity contribution in [2.45, 2.75) is 19.3 Å². The van der Waals surface area contributed by atoms with E-state index in [0.717, 1.165) is 38.7 Å². The number of carbonyl (C=O) groups excluding carboxylic acids is 2. The lowest BCUT2D eigenvalue weighted by Crippen LogP contribution is -2.44. The van der Waals surface area contributed by atoms with Crippen molar-refractivity contribution < 1.29 is 14.3 Å². The number of urea groups is 1. The first kappa shape index (κ1) is 21.3. The molecule has 1 saturated heterocycles. The van der Waals surface area contributed by atoms with Crippen molar-refractivity contribution in [1.82, 2.24) is 9.88 Å². The number of para-hydroxylation sites is 1. The number of benzene rings is 1. The van der Waals surface area contributed by atoms with Gasteiger partial charge in [0, 0.05) is 31.3 Å². The standard InChI is InChI=1S/C22H25N7O3/c1-32-20-14(21(24)26-12-23)4-2-5-16(20)27-17-10-18(28-22(31)29-8-3-9-29)25-11-15(17)19(30)13-6-7-13/h2,4-5,10-13H,3,6-9H2,1H3,(H3,23,24,26)(H2,25,27,28,31). The number of anilines is 3. The van der Waals surface area contributed by atoms with E-state index in [2.05, 4.69) is 20.6 Å². The van der Waals surface area contributed by atoms with Crippen LogP contribution < -0.4 is 21.1 Å². The Bertz CT molecular complexity index is 1090. The van der Waals surface area contributed by atoms with Gasteiger partial charge in [-0.15, -0.1) is 0 Å². The van der Waals surface area contributed by atoms with Gasteiger partial charge in [-0.1, -0.05) is 6.07 Å². The normalized spacial score (nSPS) is 15.2. The summed E-state index contributed by atoms with van der Waals surface area (Å²) in [6.45, 7) is 1.44. The van der Waals surface area contributed by atoms with E-state index in [-0.39, 0.29) is 23.6 Å². The van der Waals surface area contributed by atoms with Crippen LogP contribution in [0.25, 0.3) is 0 Å². The Hall–Kier alpha value is -3.95. The summed E-state index contributed by atoms with van der Waals surface area (Å²) in [4.78, 5) is 35.0. The molecule has 2 aromatic rings. The molecular weight excluding hydrogens is 410 g/mol. The zero-order chi connectivity index (χ0) is 22.7. The number of Topliss-reactive ketones (excluding diaryl/α,β-unsaturated/α-hetero) is 1. The second-order valence-corrected chi connectivity index (χ2v) is 7.66. The molecule has 0 bridgehead atoms. The van der Waals surface area contributed by atoms with Gasteiger partial charge in [0.1, 0.15) is 5.82 Å². The second kappa shape index (κ2) is 9.04. The molecule has 10 heteroatoms. The summed E-state index contributed by atoms with van der Waals surface area (Å²) in [5.74, 6) is 0.679. The maximum Gasteiger partial charge on any atom is 0.323 e. The number of nitrogens with zero attached hydrogens (tertiary/aromatic N) is 3. The Labute approximate surface area is 185 Å². The van der Waals surface area contributed by atoms with Crippen LogP contribution in [0.4, 0.5) is 22.0 Å². The van der Waals surface area contributed by atoms with Gasteiger partial charge in [-0.05, 0) is 31.4 Å². The van der Waals surface area contributed by atoms with Crippen molar-refractivity contribution in [2.24, 2.45) is 16.6 Å². The average molecular weight is 435 g/mol. The zero-order valence-electron chi connectivity index (χ0n) is 17.7. The molecule has 2 heterocycles. The zero-order valence-corrected chi connectivity index (χ0v) is 17.7. The number of hydrogen-bond acceptors (Lipinski definition) is 6. The van der Waals surface area contributed by atoms with Gasteiger partial charge >= 0.3 is 6.03 Å². The van der Waals surface area contributed by atoms with E-state index in [4.69, 9.17) is 15.9 Å². The topological polar surface area (TPSA) is 146 Å². The molecule has 166 valence electrons. The van der Waals surface area contributed by atoms with Gasteiger partial charge < -0.3 is 20.7 Å². The number of ether oxygens (including phenoxy) is 1. The van der Waals surface area contributed by atoms with Gasteiger partial charge in [0.15, 0.2) is 17.4 Å². The smallest absolute Gasteiger partial charge is 0.323 e. The number of aliphatic imine (C=N–C) groups is 1. The molecule has 0 spiro atoms. The number of rotatable bonds is 7. The average Bonchev–Trinajstić information content (AvgIpc) is 3.57. The fourth-order valence-corrected chi connectivity index (χ4v) is 3.43. The summed E-state index contributed by atoms with van der Waals surface area (Å²) in [5, 5.41) is 14.1. The van der Waals surface area contributed by atoms with Crippen LogP contribution in [-0.4, -0.2) is 54.1 Å². The van der Waals surface area contributed by atoms with Crippen LogP contribution in [0, 0.1) is 11.3 Å². The molecule has 32 heavy (non-hydrogen) atoms. The first-order valence-electron chi connectivity index (χ1n) is 10.4. The molecule has 4 rings (SSSR count). The monoisotopic (exact) mass is 435 g/mol. The third-order valence-electron chi connectivity index (χ3n) is 5.44. The fraction of sp³-hybridized carbons (Fsp3) is 0.318. The van der Waals surface area contributed by atoms with Gasteiger partial charge in [-0.3, -0.25) is 15.5 Å². The Morgan fingerprint density at radius 2 is 2.06 bits per heavy atom. The Morgan fingerprint density at radius 3 is 2.69 bits per heavy atom. The molecule has 5 N–H and O–H groups in total. The Morgan fingerprint density at radius 1 is 1.28 bits per heavy atom. The molecule has 0 unspecified atom stereocenters. The lowest BCUT2D eigenvalue weighted by molar-refractivity contribution is 0.0968. The van der Waals surface area contributed by atoms with E-state index < -0.39 is 0 Å². The molecule has 1 aliphatic carbocycles. The molecule has 10 nitrogen and oxygen atoms in total. The quantitative estimate of drug-likeness (QED) is 0.299. The Kier molecular flexibility index (Phi) is 6.02. The maximum atomic E-state index is 12.9. The van der Waals surface area contributed by atoms with Gasteiger partial charge in [0.05, 0.1) is 36.0 Å². The van der Waals surface area contributed by atoms with E-state index in [0.29, 0.717) is 34.1 Å². The number of hydrogen-bond donors (Lipinski definition) is 4. The Balaban J connectivity index is 1.68. The van der Waals surface area contributed by atoms with Crippen molar-refractivity contribution in [1.29, 1.82) is 5.41 Å². The van der Waals surface area contributed by atoms with Crippen LogP contribution >= 0.6 is 0 Å².